The number of hydrogen-bond acceptors (Lipinski definition) is 5. The lowest BCUT2D eigenvalue weighted by molar-refractivity contribution is -0.141. The van der Waals surface area contributed by atoms with E-state index in [9.17, 15) is 14.7 Å². The van der Waals surface area contributed by atoms with E-state index in [4.69, 9.17) is 9.15 Å². The van der Waals surface area contributed by atoms with Crippen LogP contribution in [0.1, 0.15) is 47.7 Å². The number of ether oxygens (including phenoxy) is 1. The summed E-state index contributed by atoms with van der Waals surface area (Å²) in [5.41, 5.74) is 2.86. The van der Waals surface area contributed by atoms with Gasteiger partial charge >= 0.3 is 5.97 Å². The minimum atomic E-state index is -0.504. The number of phenols is 1. The Bertz CT molecular complexity index is 952. The molecular formula is C22H22O5. The van der Waals surface area contributed by atoms with Gasteiger partial charge in [0.1, 0.15) is 11.3 Å². The Kier molecular flexibility index (Phi) is 5.60. The summed E-state index contributed by atoms with van der Waals surface area (Å²) in [6.07, 6.45) is 2.49. The predicted octanol–water partition coefficient (Wildman–Crippen LogP) is 4.62. The SMILES string of the molecule is CC[C@@H](C)c1ccc(C(=O)COC(=O)Cc2coc3cc(O)ccc23)cc1. The van der Waals surface area contributed by atoms with E-state index in [1.165, 1.54) is 24.0 Å². The number of aromatic hydroxyl groups is 1. The van der Waals surface area contributed by atoms with Crippen molar-refractivity contribution in [3.63, 3.8) is 0 Å². The van der Waals surface area contributed by atoms with Crippen LogP contribution in [0.25, 0.3) is 11.0 Å². The van der Waals surface area contributed by atoms with Crippen molar-refractivity contribution in [2.45, 2.75) is 32.6 Å². The van der Waals surface area contributed by atoms with Crippen LogP contribution in [0.2, 0.25) is 0 Å². The van der Waals surface area contributed by atoms with E-state index in [0.717, 1.165) is 11.8 Å². The van der Waals surface area contributed by atoms with Crippen LogP contribution in [-0.4, -0.2) is 23.5 Å². The normalized spacial score (nSPS) is 12.1. The van der Waals surface area contributed by atoms with Gasteiger partial charge in [0, 0.05) is 22.6 Å². The van der Waals surface area contributed by atoms with Crippen molar-refractivity contribution in [3.05, 3.63) is 65.4 Å². The quantitative estimate of drug-likeness (QED) is 0.488. The summed E-state index contributed by atoms with van der Waals surface area (Å²) < 4.78 is 10.5. The van der Waals surface area contributed by atoms with E-state index < -0.39 is 5.97 Å². The first-order chi connectivity index (χ1) is 13.0. The Morgan fingerprint density at radius 1 is 1.15 bits per heavy atom. The fourth-order valence-corrected chi connectivity index (χ4v) is 2.88. The molecular weight excluding hydrogens is 344 g/mol. The molecule has 2 aromatic carbocycles. The molecule has 1 aromatic heterocycles. The van der Waals surface area contributed by atoms with Crippen LogP contribution in [0.15, 0.2) is 53.1 Å². The molecule has 0 unspecified atom stereocenters. The minimum Gasteiger partial charge on any atom is -0.508 e. The summed E-state index contributed by atoms with van der Waals surface area (Å²) in [6, 6.07) is 12.1. The number of hydrogen-bond donors (Lipinski definition) is 1. The highest BCUT2D eigenvalue weighted by molar-refractivity contribution is 5.98. The lowest BCUT2D eigenvalue weighted by atomic mass is 9.97. The van der Waals surface area contributed by atoms with Gasteiger partial charge in [0.15, 0.2) is 12.4 Å². The van der Waals surface area contributed by atoms with Gasteiger partial charge in [-0.1, -0.05) is 38.1 Å². The van der Waals surface area contributed by atoms with Crippen LogP contribution < -0.4 is 0 Å². The Hall–Kier alpha value is -3.08. The second-order valence-electron chi connectivity index (χ2n) is 6.63. The molecule has 5 nitrogen and oxygen atoms in total. The Morgan fingerprint density at radius 3 is 2.59 bits per heavy atom. The molecule has 0 bridgehead atoms. The first kappa shape index (κ1) is 18.7. The fraction of sp³-hybridized carbons (Fsp3) is 0.273. The van der Waals surface area contributed by atoms with Crippen molar-refractivity contribution in [2.24, 2.45) is 0 Å². The number of carbonyl (C=O) groups excluding carboxylic acids is 2. The topological polar surface area (TPSA) is 76.7 Å². The van der Waals surface area contributed by atoms with Crippen LogP contribution in [-0.2, 0) is 16.0 Å². The summed E-state index contributed by atoms with van der Waals surface area (Å²) in [7, 11) is 0. The Morgan fingerprint density at radius 2 is 1.89 bits per heavy atom. The van der Waals surface area contributed by atoms with Gasteiger partial charge in [-0.25, -0.2) is 0 Å². The van der Waals surface area contributed by atoms with Crippen molar-refractivity contribution >= 4 is 22.7 Å². The van der Waals surface area contributed by atoms with Crippen molar-refractivity contribution in [1.82, 2.24) is 0 Å². The van der Waals surface area contributed by atoms with Crippen molar-refractivity contribution < 1.29 is 23.8 Å². The molecule has 1 heterocycles. The number of phenolic OH excluding ortho intramolecular Hbond substituents is 1. The number of ketones is 1. The maximum Gasteiger partial charge on any atom is 0.310 e. The third-order valence-electron chi connectivity index (χ3n) is 4.75. The zero-order valence-electron chi connectivity index (χ0n) is 15.4. The monoisotopic (exact) mass is 366 g/mol. The Labute approximate surface area is 157 Å². The van der Waals surface area contributed by atoms with Gasteiger partial charge in [0.25, 0.3) is 0 Å². The number of fused-ring (bicyclic) bond motifs is 1. The predicted molar refractivity (Wildman–Crippen MR) is 102 cm³/mol. The van der Waals surface area contributed by atoms with E-state index >= 15 is 0 Å². The molecule has 1 atom stereocenters. The second-order valence-corrected chi connectivity index (χ2v) is 6.63. The van der Waals surface area contributed by atoms with E-state index in [0.29, 0.717) is 22.6 Å². The second kappa shape index (κ2) is 8.08. The molecule has 0 saturated heterocycles. The molecule has 0 aliphatic rings. The zero-order valence-corrected chi connectivity index (χ0v) is 15.4. The van der Waals surface area contributed by atoms with Crippen molar-refractivity contribution in [3.8, 4) is 5.75 Å². The van der Waals surface area contributed by atoms with E-state index in [-0.39, 0.29) is 24.6 Å². The maximum absolute atomic E-state index is 12.2. The lowest BCUT2D eigenvalue weighted by Gasteiger charge is -2.09. The lowest BCUT2D eigenvalue weighted by Crippen LogP contribution is -2.15. The highest BCUT2D eigenvalue weighted by Gasteiger charge is 2.14. The number of carbonyl (C=O) groups is 2. The first-order valence-electron chi connectivity index (χ1n) is 8.95. The number of esters is 1. The molecule has 3 rings (SSSR count). The van der Waals surface area contributed by atoms with Crippen molar-refractivity contribution in [2.75, 3.05) is 6.61 Å². The summed E-state index contributed by atoms with van der Waals surface area (Å²) in [6.45, 7) is 3.97. The molecule has 0 aliphatic carbocycles. The summed E-state index contributed by atoms with van der Waals surface area (Å²) in [5.74, 6) is -0.203. The summed E-state index contributed by atoms with van der Waals surface area (Å²) >= 11 is 0. The molecule has 0 radical (unpaired) electrons. The van der Waals surface area contributed by atoms with Gasteiger partial charge < -0.3 is 14.3 Å². The molecule has 0 fully saturated rings. The molecule has 3 aromatic rings. The van der Waals surface area contributed by atoms with Gasteiger partial charge in [-0.2, -0.15) is 0 Å². The van der Waals surface area contributed by atoms with Gasteiger partial charge in [-0.3, -0.25) is 9.59 Å². The van der Waals surface area contributed by atoms with E-state index in [1.807, 2.05) is 12.1 Å². The van der Waals surface area contributed by atoms with Gasteiger partial charge in [-0.15, -0.1) is 0 Å². The van der Waals surface area contributed by atoms with Gasteiger partial charge in [-0.05, 0) is 30.0 Å². The largest absolute Gasteiger partial charge is 0.508 e. The number of furan rings is 1. The van der Waals surface area contributed by atoms with Crippen LogP contribution in [0, 0.1) is 0 Å². The van der Waals surface area contributed by atoms with E-state index in [2.05, 4.69) is 13.8 Å². The number of benzene rings is 2. The third-order valence-corrected chi connectivity index (χ3v) is 4.75. The fourth-order valence-electron chi connectivity index (χ4n) is 2.88. The third kappa shape index (κ3) is 4.37. The average molecular weight is 366 g/mol. The molecule has 140 valence electrons. The molecule has 27 heavy (non-hydrogen) atoms. The Balaban J connectivity index is 1.57. The summed E-state index contributed by atoms with van der Waals surface area (Å²) in [5, 5.41) is 10.2. The van der Waals surface area contributed by atoms with Crippen LogP contribution in [0.4, 0.5) is 0 Å². The smallest absolute Gasteiger partial charge is 0.310 e. The van der Waals surface area contributed by atoms with E-state index in [1.54, 1.807) is 18.2 Å². The highest BCUT2D eigenvalue weighted by atomic mass is 16.5. The summed E-state index contributed by atoms with van der Waals surface area (Å²) in [4.78, 5) is 24.3. The molecule has 0 aliphatic heterocycles. The molecule has 0 saturated carbocycles. The molecule has 0 amide bonds. The number of Topliss-reactive ketones (excluding diaryl/α,β-unsaturated/α-hetero) is 1. The molecule has 5 heteroatoms. The number of rotatable bonds is 7. The van der Waals surface area contributed by atoms with Gasteiger partial charge in [0.05, 0.1) is 12.7 Å². The molecule has 1 N–H and O–H groups in total. The van der Waals surface area contributed by atoms with Crippen molar-refractivity contribution in [1.29, 1.82) is 0 Å². The maximum atomic E-state index is 12.2. The van der Waals surface area contributed by atoms with Crippen LogP contribution >= 0.6 is 0 Å². The van der Waals surface area contributed by atoms with Crippen LogP contribution in [0.3, 0.4) is 0 Å². The standard InChI is InChI=1S/C22H22O5/c1-3-14(2)15-4-6-16(7-5-15)20(24)13-27-22(25)10-17-12-26-21-11-18(23)8-9-19(17)21/h4-9,11-12,14,23H,3,10,13H2,1-2H3/t14-/m1/s1. The molecule has 0 spiro atoms. The minimum absolute atomic E-state index is 0.00198. The first-order valence-corrected chi connectivity index (χ1v) is 8.95. The highest BCUT2D eigenvalue weighted by Crippen LogP contribution is 2.25. The average Bonchev–Trinajstić information content (AvgIpc) is 3.07. The zero-order chi connectivity index (χ0) is 19.4. The van der Waals surface area contributed by atoms with Crippen LogP contribution in [0.5, 0.6) is 5.75 Å². The van der Waals surface area contributed by atoms with Gasteiger partial charge in [0.2, 0.25) is 0 Å².